The van der Waals surface area contributed by atoms with Crippen LogP contribution in [0.1, 0.15) is 11.1 Å². The monoisotopic (exact) mass is 275 g/mol. The number of rotatable bonds is 0. The Balaban J connectivity index is 2.50. The maximum absolute atomic E-state index is 11.8. The lowest BCUT2D eigenvalue weighted by molar-refractivity contribution is 1.34. The van der Waals surface area contributed by atoms with Gasteiger partial charge in [-0.1, -0.05) is 17.7 Å². The van der Waals surface area contributed by atoms with Crippen molar-refractivity contribution in [3.05, 3.63) is 50.6 Å². The Morgan fingerprint density at radius 3 is 2.78 bits per heavy atom. The predicted octanol–water partition coefficient (Wildman–Crippen LogP) is 4.03. The molecule has 0 atom stereocenters. The Kier molecular flexibility index (Phi) is 2.61. The smallest absolute Gasteiger partial charge is 0.201 e. The number of aryl methyl sites for hydroxylation is 2. The van der Waals surface area contributed by atoms with Crippen molar-refractivity contribution in [2.45, 2.75) is 13.8 Å². The van der Waals surface area contributed by atoms with Gasteiger partial charge >= 0.3 is 0 Å². The van der Waals surface area contributed by atoms with E-state index in [1.54, 1.807) is 13.0 Å². The van der Waals surface area contributed by atoms with Gasteiger partial charge in [-0.3, -0.25) is 4.79 Å². The molecule has 1 heterocycles. The van der Waals surface area contributed by atoms with E-state index in [0.717, 1.165) is 20.8 Å². The van der Waals surface area contributed by atoms with E-state index in [2.05, 4.69) is 11.1 Å². The topological polar surface area (TPSA) is 30.0 Å². The first-order valence-corrected chi connectivity index (χ1v) is 6.76. The van der Waals surface area contributed by atoms with Crippen LogP contribution in [0.5, 0.6) is 0 Å². The van der Waals surface area contributed by atoms with E-state index in [-0.39, 0.29) is 10.5 Å². The van der Waals surface area contributed by atoms with Gasteiger partial charge in [0.2, 0.25) is 5.43 Å². The van der Waals surface area contributed by atoms with Crippen LogP contribution in [0, 0.1) is 13.8 Å². The van der Waals surface area contributed by atoms with Gasteiger partial charge in [0.25, 0.3) is 0 Å². The molecular formula is C14H10ClNOS. The van der Waals surface area contributed by atoms with E-state index in [4.69, 9.17) is 11.6 Å². The molecule has 0 radical (unpaired) electrons. The summed E-state index contributed by atoms with van der Waals surface area (Å²) < 4.78 is 1.05. The third kappa shape index (κ3) is 1.71. The summed E-state index contributed by atoms with van der Waals surface area (Å²) in [5.41, 5.74) is 3.43. The molecule has 0 aromatic heterocycles. The van der Waals surface area contributed by atoms with Crippen LogP contribution in [0.2, 0.25) is 5.02 Å². The van der Waals surface area contributed by atoms with E-state index in [1.165, 1.54) is 16.9 Å². The fourth-order valence-electron chi connectivity index (χ4n) is 1.94. The Hall–Kier alpha value is -1.45. The largest absolute Gasteiger partial charge is 0.288 e. The molecule has 0 amide bonds. The minimum atomic E-state index is -0.103. The molecule has 4 heteroatoms. The normalized spacial score (nSPS) is 11.3. The molecule has 0 spiro atoms. The van der Waals surface area contributed by atoms with Gasteiger partial charge in [0, 0.05) is 5.56 Å². The van der Waals surface area contributed by atoms with Crippen molar-refractivity contribution < 1.29 is 0 Å². The Morgan fingerprint density at radius 2 is 2.00 bits per heavy atom. The van der Waals surface area contributed by atoms with E-state index >= 15 is 0 Å². The van der Waals surface area contributed by atoms with Gasteiger partial charge in [-0.2, -0.15) is 0 Å². The highest BCUT2D eigenvalue weighted by molar-refractivity contribution is 7.22. The minimum absolute atomic E-state index is 0.103. The van der Waals surface area contributed by atoms with Crippen LogP contribution < -0.4 is 5.43 Å². The van der Waals surface area contributed by atoms with Crippen molar-refractivity contribution in [3.63, 3.8) is 0 Å². The molecule has 2 aliphatic rings. The number of halogens is 1. The summed E-state index contributed by atoms with van der Waals surface area (Å²) in [7, 11) is 0. The molecule has 1 aliphatic carbocycles. The van der Waals surface area contributed by atoms with Gasteiger partial charge < -0.3 is 0 Å². The van der Waals surface area contributed by atoms with E-state index < -0.39 is 0 Å². The van der Waals surface area contributed by atoms with Crippen molar-refractivity contribution in [1.82, 2.24) is 4.98 Å². The molecule has 1 aromatic carbocycles. The molecule has 18 heavy (non-hydrogen) atoms. The summed E-state index contributed by atoms with van der Waals surface area (Å²) in [4.78, 5) is 17.2. The maximum atomic E-state index is 11.8. The summed E-state index contributed by atoms with van der Waals surface area (Å²) in [6, 6.07) is 7.89. The zero-order valence-electron chi connectivity index (χ0n) is 9.95. The molecule has 90 valence electrons. The van der Waals surface area contributed by atoms with Crippen LogP contribution in [0.25, 0.3) is 20.8 Å². The van der Waals surface area contributed by atoms with Crippen LogP contribution in [-0.4, -0.2) is 4.98 Å². The zero-order valence-corrected chi connectivity index (χ0v) is 11.5. The average molecular weight is 276 g/mol. The van der Waals surface area contributed by atoms with E-state index in [9.17, 15) is 4.79 Å². The first kappa shape index (κ1) is 11.6. The van der Waals surface area contributed by atoms with Crippen LogP contribution in [0.15, 0.2) is 29.1 Å². The molecule has 0 unspecified atom stereocenters. The lowest BCUT2D eigenvalue weighted by Gasteiger charge is -2.09. The van der Waals surface area contributed by atoms with Gasteiger partial charge in [-0.15, -0.1) is 11.3 Å². The number of fused-ring (bicyclic) bond motifs is 2. The SMILES string of the molecule is Cc1ccc2nc3cc(C)c(=O)c(Cl)c-3sc2c1. The molecule has 2 nitrogen and oxygen atoms in total. The van der Waals surface area contributed by atoms with Gasteiger partial charge in [-0.05, 0) is 37.6 Å². The molecular weight excluding hydrogens is 266 g/mol. The second kappa shape index (κ2) is 4.04. The van der Waals surface area contributed by atoms with Gasteiger partial charge in [0.1, 0.15) is 5.02 Å². The first-order chi connectivity index (χ1) is 8.56. The lowest BCUT2D eigenvalue weighted by Crippen LogP contribution is -2.07. The molecule has 0 fully saturated rings. The number of hydrogen-bond acceptors (Lipinski definition) is 3. The molecule has 3 rings (SSSR count). The van der Waals surface area contributed by atoms with Crippen molar-refractivity contribution in [2.24, 2.45) is 0 Å². The third-order valence-electron chi connectivity index (χ3n) is 2.91. The molecule has 0 saturated carbocycles. The number of nitrogens with zero attached hydrogens (tertiary/aromatic N) is 1. The third-order valence-corrected chi connectivity index (χ3v) is 4.55. The van der Waals surface area contributed by atoms with E-state index in [1.807, 2.05) is 19.1 Å². The second-order valence-corrected chi connectivity index (χ2v) is 5.80. The van der Waals surface area contributed by atoms with Crippen LogP contribution >= 0.6 is 22.9 Å². The Morgan fingerprint density at radius 1 is 1.22 bits per heavy atom. The van der Waals surface area contributed by atoms with Crippen molar-refractivity contribution in [1.29, 1.82) is 0 Å². The number of benzene rings is 2. The summed E-state index contributed by atoms with van der Waals surface area (Å²) in [6.07, 6.45) is 0. The standard InChI is InChI=1S/C14H10ClNOS/c1-7-3-4-9-11(5-7)18-14-10(16-9)6-8(2)13(17)12(14)15/h3-6H,1-2H3. The highest BCUT2D eigenvalue weighted by atomic mass is 35.5. The Bertz CT molecular complexity index is 794. The summed E-state index contributed by atoms with van der Waals surface area (Å²) >= 11 is 7.65. The van der Waals surface area contributed by atoms with Crippen LogP contribution in [0.4, 0.5) is 0 Å². The zero-order chi connectivity index (χ0) is 12.9. The van der Waals surface area contributed by atoms with Crippen LogP contribution in [-0.2, 0) is 0 Å². The molecule has 0 bridgehead atoms. The predicted molar refractivity (Wildman–Crippen MR) is 77.0 cm³/mol. The fourth-order valence-corrected chi connectivity index (χ4v) is 3.38. The number of hydrogen-bond donors (Lipinski definition) is 0. The lowest BCUT2D eigenvalue weighted by atomic mass is 10.1. The Labute approximate surface area is 113 Å². The van der Waals surface area contributed by atoms with Crippen molar-refractivity contribution >= 4 is 33.2 Å². The molecule has 1 aromatic rings. The average Bonchev–Trinajstić information content (AvgIpc) is 2.35. The van der Waals surface area contributed by atoms with Gasteiger partial charge in [0.05, 0.1) is 20.8 Å². The molecule has 0 N–H and O–H groups in total. The van der Waals surface area contributed by atoms with Gasteiger partial charge in [0.15, 0.2) is 0 Å². The minimum Gasteiger partial charge on any atom is -0.288 e. The number of aromatic nitrogens is 1. The van der Waals surface area contributed by atoms with E-state index in [0.29, 0.717) is 5.56 Å². The first-order valence-electron chi connectivity index (χ1n) is 5.56. The summed E-state index contributed by atoms with van der Waals surface area (Å²) in [6.45, 7) is 3.80. The van der Waals surface area contributed by atoms with Crippen molar-refractivity contribution in [2.75, 3.05) is 0 Å². The molecule has 0 saturated heterocycles. The second-order valence-electron chi connectivity index (χ2n) is 4.37. The highest BCUT2D eigenvalue weighted by Gasteiger charge is 2.15. The fraction of sp³-hybridized carbons (Fsp3) is 0.143. The molecule has 1 aliphatic heterocycles. The summed E-state index contributed by atoms with van der Waals surface area (Å²) in [5, 5.41) is 0.283. The quantitative estimate of drug-likeness (QED) is 0.580. The summed E-state index contributed by atoms with van der Waals surface area (Å²) in [5.74, 6) is 0. The van der Waals surface area contributed by atoms with Crippen LogP contribution in [0.3, 0.4) is 0 Å². The highest BCUT2D eigenvalue weighted by Crippen LogP contribution is 2.35. The van der Waals surface area contributed by atoms with Crippen molar-refractivity contribution in [3.8, 4) is 10.6 Å². The van der Waals surface area contributed by atoms with Gasteiger partial charge in [-0.25, -0.2) is 4.98 Å². The maximum Gasteiger partial charge on any atom is 0.201 e.